The SMILES string of the molecule is CC(C)(C)CCC(=O)OC1[C@@]2(C)O[C@@H](c3ccc4c(N)ncnn34)[C@H](O)[C@@]12O. The standard InChI is InChI=1S/C19H26N4O5/c1-17(2,3)8-7-12(24)27-16-18(4)19(16,26)14(25)13(28-18)10-5-6-11-15(20)21-9-22-23(10)11/h5-6,9,13-14,16,25-26H,7-8H2,1-4H3,(H2,20,21,22)/t13-,14-,16?,18+,19+/m0/s1. The third-order valence-electron chi connectivity index (χ3n) is 5.85. The molecule has 9 nitrogen and oxygen atoms in total. The highest BCUT2D eigenvalue weighted by molar-refractivity contribution is 5.71. The average Bonchev–Trinajstić information content (AvgIpc) is 2.93. The molecular weight excluding hydrogens is 364 g/mol. The molecule has 0 radical (unpaired) electrons. The van der Waals surface area contributed by atoms with Crippen LogP contribution in [0.4, 0.5) is 5.82 Å². The molecule has 0 bridgehead atoms. The third kappa shape index (κ3) is 2.61. The molecule has 9 heteroatoms. The second-order valence-electron chi connectivity index (χ2n) is 9.05. The summed E-state index contributed by atoms with van der Waals surface area (Å²) in [5.74, 6) is -0.112. The van der Waals surface area contributed by atoms with Gasteiger partial charge in [0.2, 0.25) is 0 Å². The molecule has 1 saturated heterocycles. The van der Waals surface area contributed by atoms with Crippen LogP contribution in [-0.4, -0.2) is 54.2 Å². The van der Waals surface area contributed by atoms with E-state index in [1.54, 1.807) is 19.1 Å². The molecule has 4 N–H and O–H groups in total. The number of nitrogens with two attached hydrogens (primary N) is 1. The largest absolute Gasteiger partial charge is 0.456 e. The lowest BCUT2D eigenvalue weighted by Gasteiger charge is -2.23. The highest BCUT2D eigenvalue weighted by Gasteiger charge is 2.87. The second kappa shape index (κ2) is 5.88. The molecule has 1 aliphatic carbocycles. The molecular formula is C19H26N4O5. The van der Waals surface area contributed by atoms with Gasteiger partial charge in [-0.05, 0) is 30.9 Å². The van der Waals surface area contributed by atoms with Gasteiger partial charge >= 0.3 is 5.97 Å². The maximum absolute atomic E-state index is 12.2. The Hall–Kier alpha value is -2.23. The molecule has 0 aromatic carbocycles. The van der Waals surface area contributed by atoms with Crippen molar-refractivity contribution in [3.05, 3.63) is 24.2 Å². The van der Waals surface area contributed by atoms with Crippen LogP contribution in [-0.2, 0) is 14.3 Å². The van der Waals surface area contributed by atoms with E-state index in [4.69, 9.17) is 15.2 Å². The lowest BCUT2D eigenvalue weighted by Crippen LogP contribution is -2.36. The lowest BCUT2D eigenvalue weighted by atomic mass is 9.91. The zero-order valence-corrected chi connectivity index (χ0v) is 16.4. The van der Waals surface area contributed by atoms with Crippen molar-refractivity contribution in [3.8, 4) is 0 Å². The Balaban J connectivity index is 1.51. The van der Waals surface area contributed by atoms with E-state index in [2.05, 4.69) is 10.1 Å². The van der Waals surface area contributed by atoms with Crippen LogP contribution in [0.5, 0.6) is 0 Å². The fourth-order valence-corrected chi connectivity index (χ4v) is 4.01. The quantitative estimate of drug-likeness (QED) is 0.658. The summed E-state index contributed by atoms with van der Waals surface area (Å²) in [5.41, 5.74) is 4.11. The van der Waals surface area contributed by atoms with Crippen LogP contribution < -0.4 is 5.73 Å². The Labute approximate surface area is 162 Å². The van der Waals surface area contributed by atoms with E-state index >= 15 is 0 Å². The molecule has 4 rings (SSSR count). The monoisotopic (exact) mass is 390 g/mol. The molecule has 152 valence electrons. The van der Waals surface area contributed by atoms with Crippen molar-refractivity contribution in [2.24, 2.45) is 5.41 Å². The number of nitrogens with zero attached hydrogens (tertiary/aromatic N) is 3. The van der Waals surface area contributed by atoms with Gasteiger partial charge in [0, 0.05) is 6.42 Å². The fraction of sp³-hybridized carbons (Fsp3) is 0.632. The van der Waals surface area contributed by atoms with Gasteiger partial charge in [0.25, 0.3) is 0 Å². The van der Waals surface area contributed by atoms with Gasteiger partial charge < -0.3 is 25.4 Å². The zero-order chi connectivity index (χ0) is 20.5. The molecule has 1 aliphatic heterocycles. The van der Waals surface area contributed by atoms with Gasteiger partial charge in [-0.2, -0.15) is 5.10 Å². The molecule has 1 saturated carbocycles. The first-order valence-electron chi connectivity index (χ1n) is 9.35. The minimum Gasteiger partial charge on any atom is -0.456 e. The van der Waals surface area contributed by atoms with Crippen LogP contribution >= 0.6 is 0 Å². The average molecular weight is 390 g/mol. The first-order valence-corrected chi connectivity index (χ1v) is 9.35. The molecule has 1 unspecified atom stereocenters. The van der Waals surface area contributed by atoms with Gasteiger partial charge in [0.05, 0.1) is 5.69 Å². The summed E-state index contributed by atoms with van der Waals surface area (Å²) >= 11 is 0. The Morgan fingerprint density at radius 2 is 2.14 bits per heavy atom. The molecule has 2 aromatic rings. The maximum Gasteiger partial charge on any atom is 0.306 e. The van der Waals surface area contributed by atoms with Gasteiger partial charge in [-0.15, -0.1) is 0 Å². The summed E-state index contributed by atoms with van der Waals surface area (Å²) in [6.45, 7) is 7.75. The zero-order valence-electron chi connectivity index (χ0n) is 16.4. The van der Waals surface area contributed by atoms with E-state index in [1.807, 2.05) is 20.8 Å². The molecule has 3 heterocycles. The van der Waals surface area contributed by atoms with Gasteiger partial charge in [0.1, 0.15) is 29.7 Å². The lowest BCUT2D eigenvalue weighted by molar-refractivity contribution is -0.157. The minimum absolute atomic E-state index is 0.000119. The number of aromatic nitrogens is 3. The number of carbonyl (C=O) groups is 1. The number of rotatable bonds is 4. The van der Waals surface area contributed by atoms with E-state index < -0.39 is 35.5 Å². The van der Waals surface area contributed by atoms with Gasteiger partial charge in [0.15, 0.2) is 17.5 Å². The maximum atomic E-state index is 12.2. The number of ether oxygens (including phenoxy) is 2. The number of esters is 1. The molecule has 2 aromatic heterocycles. The number of hydrogen-bond donors (Lipinski definition) is 3. The minimum atomic E-state index is -1.67. The molecule has 2 aliphatic rings. The summed E-state index contributed by atoms with van der Waals surface area (Å²) in [6, 6.07) is 3.44. The number of aliphatic hydroxyl groups excluding tert-OH is 1. The van der Waals surface area contributed by atoms with Crippen molar-refractivity contribution >= 4 is 17.3 Å². The number of anilines is 1. The van der Waals surface area contributed by atoms with Crippen molar-refractivity contribution in [1.82, 2.24) is 14.6 Å². The van der Waals surface area contributed by atoms with E-state index in [9.17, 15) is 15.0 Å². The van der Waals surface area contributed by atoms with Gasteiger partial charge in [-0.3, -0.25) is 4.79 Å². The first kappa shape index (κ1) is 19.1. The Morgan fingerprint density at radius 3 is 2.75 bits per heavy atom. The molecule has 0 amide bonds. The van der Waals surface area contributed by atoms with Crippen LogP contribution in [0.3, 0.4) is 0 Å². The van der Waals surface area contributed by atoms with Gasteiger partial charge in [-0.1, -0.05) is 20.8 Å². The van der Waals surface area contributed by atoms with Crippen LogP contribution in [0.1, 0.15) is 52.3 Å². The van der Waals surface area contributed by atoms with E-state index in [0.717, 1.165) is 0 Å². The van der Waals surface area contributed by atoms with Crippen LogP contribution in [0.25, 0.3) is 5.52 Å². The van der Waals surface area contributed by atoms with E-state index in [0.29, 0.717) is 23.4 Å². The first-order chi connectivity index (χ1) is 13.0. The predicted octanol–water partition coefficient (Wildman–Crippen LogP) is 0.985. The summed E-state index contributed by atoms with van der Waals surface area (Å²) in [7, 11) is 0. The number of hydrogen-bond acceptors (Lipinski definition) is 8. The smallest absolute Gasteiger partial charge is 0.306 e. The predicted molar refractivity (Wildman–Crippen MR) is 99.2 cm³/mol. The summed E-state index contributed by atoms with van der Waals surface area (Å²) in [4.78, 5) is 16.1. The van der Waals surface area contributed by atoms with Crippen LogP contribution in [0.15, 0.2) is 18.5 Å². The van der Waals surface area contributed by atoms with Crippen molar-refractivity contribution in [1.29, 1.82) is 0 Å². The Morgan fingerprint density at radius 1 is 1.43 bits per heavy atom. The number of aliphatic hydroxyl groups is 2. The van der Waals surface area contributed by atoms with Crippen molar-refractivity contribution < 1.29 is 24.5 Å². The molecule has 28 heavy (non-hydrogen) atoms. The highest BCUT2D eigenvalue weighted by atomic mass is 16.6. The highest BCUT2D eigenvalue weighted by Crippen LogP contribution is 2.64. The third-order valence-corrected chi connectivity index (χ3v) is 5.85. The molecule has 0 spiro atoms. The van der Waals surface area contributed by atoms with Crippen LogP contribution in [0, 0.1) is 5.41 Å². The van der Waals surface area contributed by atoms with E-state index in [1.165, 1.54) is 10.8 Å². The Bertz CT molecular complexity index is 938. The van der Waals surface area contributed by atoms with Crippen molar-refractivity contribution in [3.63, 3.8) is 0 Å². The Kier molecular flexibility index (Phi) is 4.01. The topological polar surface area (TPSA) is 132 Å². The second-order valence-corrected chi connectivity index (χ2v) is 9.05. The summed E-state index contributed by atoms with van der Waals surface area (Å²) in [5, 5.41) is 26.0. The summed E-state index contributed by atoms with van der Waals surface area (Å²) in [6.07, 6.45) is -0.819. The number of fused-ring (bicyclic) bond motifs is 2. The fourth-order valence-electron chi connectivity index (χ4n) is 4.01. The number of carbonyl (C=O) groups excluding carboxylic acids is 1. The van der Waals surface area contributed by atoms with Crippen molar-refractivity contribution in [2.75, 3.05) is 5.73 Å². The normalized spacial score (nSPS) is 34.4. The van der Waals surface area contributed by atoms with Crippen LogP contribution in [0.2, 0.25) is 0 Å². The van der Waals surface area contributed by atoms with E-state index in [-0.39, 0.29) is 11.8 Å². The van der Waals surface area contributed by atoms with Gasteiger partial charge in [-0.25, -0.2) is 9.50 Å². The summed E-state index contributed by atoms with van der Waals surface area (Å²) < 4.78 is 13.0. The number of nitrogen functional groups attached to an aromatic ring is 1. The molecule has 5 atom stereocenters. The molecule has 2 fully saturated rings. The van der Waals surface area contributed by atoms with Crippen molar-refractivity contribution in [2.45, 2.75) is 70.1 Å².